The van der Waals surface area contributed by atoms with Crippen molar-refractivity contribution in [1.82, 2.24) is 0 Å². The number of para-hydroxylation sites is 1. The molecule has 4 nitrogen and oxygen atoms in total. The fraction of sp³-hybridized carbons (Fsp3) is 0.148. The van der Waals surface area contributed by atoms with Crippen LogP contribution in [0.4, 0.5) is 4.39 Å². The van der Waals surface area contributed by atoms with Crippen LogP contribution in [0.15, 0.2) is 79.4 Å². The third-order valence-corrected chi connectivity index (χ3v) is 5.24. The Morgan fingerprint density at radius 2 is 1.79 bits per heavy atom. The summed E-state index contributed by atoms with van der Waals surface area (Å²) in [6.07, 6.45) is 1.70. The van der Waals surface area contributed by atoms with E-state index in [1.807, 2.05) is 43.3 Å². The molecular weight excluding hydrogens is 443 g/mol. The molecule has 0 radical (unpaired) electrons. The molecule has 0 aromatic heterocycles. The van der Waals surface area contributed by atoms with Crippen LogP contribution in [0.1, 0.15) is 30.0 Å². The third kappa shape index (κ3) is 5.89. The molecule has 0 fully saturated rings. The lowest BCUT2D eigenvalue weighted by molar-refractivity contribution is -0.128. The summed E-state index contributed by atoms with van der Waals surface area (Å²) in [7, 11) is 1.55. The molecule has 0 heterocycles. The van der Waals surface area contributed by atoms with Crippen molar-refractivity contribution in [2.24, 2.45) is 0 Å². The molecule has 0 atom stereocenters. The van der Waals surface area contributed by atoms with Gasteiger partial charge in [-0.2, -0.15) is 0 Å². The van der Waals surface area contributed by atoms with Gasteiger partial charge in [0.1, 0.15) is 17.3 Å². The summed E-state index contributed by atoms with van der Waals surface area (Å²) in [6.45, 7) is 5.60. The van der Waals surface area contributed by atoms with E-state index in [4.69, 9.17) is 25.8 Å². The normalized spacial score (nSPS) is 11.5. The molecule has 0 unspecified atom stereocenters. The Balaban J connectivity index is 2.26. The second-order valence-corrected chi connectivity index (χ2v) is 7.44. The van der Waals surface area contributed by atoms with Gasteiger partial charge in [-0.15, -0.1) is 0 Å². The van der Waals surface area contributed by atoms with E-state index in [1.54, 1.807) is 25.3 Å². The predicted octanol–water partition coefficient (Wildman–Crippen LogP) is 6.92. The lowest BCUT2D eigenvalue weighted by Gasteiger charge is -2.19. The number of hydrogen-bond acceptors (Lipinski definition) is 4. The Hall–Kier alpha value is -3.41. The molecule has 0 bridgehead atoms. The number of benzene rings is 3. The summed E-state index contributed by atoms with van der Waals surface area (Å²) >= 11 is 6.44. The van der Waals surface area contributed by atoms with Crippen molar-refractivity contribution in [3.63, 3.8) is 0 Å². The van der Waals surface area contributed by atoms with Gasteiger partial charge in [-0.05, 0) is 59.0 Å². The summed E-state index contributed by atoms with van der Waals surface area (Å²) < 4.78 is 29.8. The van der Waals surface area contributed by atoms with Gasteiger partial charge < -0.3 is 14.2 Å². The summed E-state index contributed by atoms with van der Waals surface area (Å²) in [5.74, 6) is 0.0363. The Kier molecular flexibility index (Phi) is 8.41. The lowest BCUT2D eigenvalue weighted by Crippen LogP contribution is -2.06. The van der Waals surface area contributed by atoms with Crippen molar-refractivity contribution in [2.45, 2.75) is 13.3 Å². The van der Waals surface area contributed by atoms with E-state index in [0.29, 0.717) is 34.1 Å². The van der Waals surface area contributed by atoms with E-state index in [9.17, 15) is 9.18 Å². The molecule has 3 aromatic rings. The Bertz CT molecular complexity index is 1170. The standard InChI is InChI=1S/C27H24ClFO4/c1-4-21(22-15-12-19(29)16-24(22)28)27(18-10-13-20(14-11-18)32-17-31-3)23-8-6-7-9-25(23)33-26(30)5-2/h5-16H,2,4,17H2,1,3H3/b27-21+. The van der Waals surface area contributed by atoms with Crippen LogP contribution in [0.5, 0.6) is 11.5 Å². The predicted molar refractivity (Wildman–Crippen MR) is 129 cm³/mol. The average Bonchev–Trinajstić information content (AvgIpc) is 2.83. The fourth-order valence-corrected chi connectivity index (χ4v) is 3.77. The van der Waals surface area contributed by atoms with Crippen LogP contribution in [0.25, 0.3) is 11.1 Å². The van der Waals surface area contributed by atoms with Crippen LogP contribution in [0, 0.1) is 5.82 Å². The molecular formula is C27H24ClFO4. The van der Waals surface area contributed by atoms with Gasteiger partial charge in [-0.25, -0.2) is 9.18 Å². The number of ether oxygens (including phenoxy) is 3. The van der Waals surface area contributed by atoms with Crippen molar-refractivity contribution in [3.8, 4) is 11.5 Å². The summed E-state index contributed by atoms with van der Waals surface area (Å²) in [4.78, 5) is 12.0. The first-order valence-corrected chi connectivity index (χ1v) is 10.7. The fourth-order valence-electron chi connectivity index (χ4n) is 3.49. The quantitative estimate of drug-likeness (QED) is 0.113. The highest BCUT2D eigenvalue weighted by atomic mass is 35.5. The van der Waals surface area contributed by atoms with E-state index in [2.05, 4.69) is 6.58 Å². The van der Waals surface area contributed by atoms with E-state index >= 15 is 0 Å². The first-order valence-electron chi connectivity index (χ1n) is 10.3. The maximum absolute atomic E-state index is 13.8. The third-order valence-electron chi connectivity index (χ3n) is 4.93. The minimum absolute atomic E-state index is 0.133. The van der Waals surface area contributed by atoms with Gasteiger partial charge in [0.2, 0.25) is 0 Å². The number of rotatable bonds is 9. The largest absolute Gasteiger partial charge is 0.468 e. The van der Waals surface area contributed by atoms with Crippen LogP contribution >= 0.6 is 11.6 Å². The van der Waals surface area contributed by atoms with Gasteiger partial charge in [-0.3, -0.25) is 0 Å². The lowest BCUT2D eigenvalue weighted by atomic mass is 9.87. The van der Waals surface area contributed by atoms with E-state index in [-0.39, 0.29) is 6.79 Å². The smallest absolute Gasteiger partial charge is 0.335 e. The molecule has 6 heteroatoms. The van der Waals surface area contributed by atoms with Crippen molar-refractivity contribution < 1.29 is 23.4 Å². The Morgan fingerprint density at radius 3 is 2.42 bits per heavy atom. The number of hydrogen-bond donors (Lipinski definition) is 0. The minimum atomic E-state index is -0.567. The molecule has 0 aliphatic rings. The molecule has 0 aliphatic heterocycles. The van der Waals surface area contributed by atoms with Crippen molar-refractivity contribution in [3.05, 3.63) is 107 Å². The second-order valence-electron chi connectivity index (χ2n) is 7.03. The van der Waals surface area contributed by atoms with Gasteiger partial charge in [0.05, 0.1) is 5.02 Å². The molecule has 0 N–H and O–H groups in total. The summed E-state index contributed by atoms with van der Waals surface area (Å²) in [5, 5.41) is 0.296. The van der Waals surface area contributed by atoms with Crippen LogP contribution in [-0.2, 0) is 9.53 Å². The maximum atomic E-state index is 13.8. The number of halogens is 2. The molecule has 0 spiro atoms. The maximum Gasteiger partial charge on any atom is 0.335 e. The highest BCUT2D eigenvalue weighted by Crippen LogP contribution is 2.40. The number of carbonyl (C=O) groups is 1. The number of allylic oxidation sites excluding steroid dienone is 1. The molecule has 33 heavy (non-hydrogen) atoms. The Morgan fingerprint density at radius 1 is 1.06 bits per heavy atom. The van der Waals surface area contributed by atoms with E-state index in [0.717, 1.165) is 22.8 Å². The first kappa shape index (κ1) is 24.2. The van der Waals surface area contributed by atoms with Gasteiger partial charge >= 0.3 is 5.97 Å². The molecule has 170 valence electrons. The molecule has 0 aliphatic carbocycles. The molecule has 3 rings (SSSR count). The molecule has 0 amide bonds. The SMILES string of the molecule is C=CC(=O)Oc1ccccc1/C(=C(\CC)c1ccc(F)cc1Cl)c1ccc(OCOC)cc1. The van der Waals surface area contributed by atoms with Crippen molar-refractivity contribution in [1.29, 1.82) is 0 Å². The number of carbonyl (C=O) groups excluding carboxylic acids is 1. The Labute approximate surface area is 197 Å². The molecule has 0 saturated carbocycles. The van der Waals surface area contributed by atoms with Gasteiger partial charge in [0.25, 0.3) is 0 Å². The van der Waals surface area contributed by atoms with Crippen LogP contribution < -0.4 is 9.47 Å². The zero-order valence-corrected chi connectivity index (χ0v) is 19.2. The van der Waals surface area contributed by atoms with Crippen LogP contribution in [-0.4, -0.2) is 19.9 Å². The van der Waals surface area contributed by atoms with E-state index < -0.39 is 11.8 Å². The van der Waals surface area contributed by atoms with Crippen LogP contribution in [0.3, 0.4) is 0 Å². The highest BCUT2D eigenvalue weighted by molar-refractivity contribution is 6.32. The van der Waals surface area contributed by atoms with E-state index in [1.165, 1.54) is 12.1 Å². The van der Waals surface area contributed by atoms with Crippen molar-refractivity contribution in [2.75, 3.05) is 13.9 Å². The van der Waals surface area contributed by atoms with Gasteiger partial charge in [0, 0.05) is 18.7 Å². The first-order chi connectivity index (χ1) is 16.0. The zero-order chi connectivity index (χ0) is 23.8. The zero-order valence-electron chi connectivity index (χ0n) is 18.4. The highest BCUT2D eigenvalue weighted by Gasteiger charge is 2.19. The van der Waals surface area contributed by atoms with Crippen molar-refractivity contribution >= 4 is 28.7 Å². The number of esters is 1. The van der Waals surface area contributed by atoms with Gasteiger partial charge in [0.15, 0.2) is 6.79 Å². The van der Waals surface area contributed by atoms with Gasteiger partial charge in [-0.1, -0.05) is 61.5 Å². The monoisotopic (exact) mass is 466 g/mol. The summed E-state index contributed by atoms with van der Waals surface area (Å²) in [5.41, 5.74) is 3.90. The molecule has 0 saturated heterocycles. The molecule has 3 aromatic carbocycles. The van der Waals surface area contributed by atoms with Crippen LogP contribution in [0.2, 0.25) is 5.02 Å². The topological polar surface area (TPSA) is 44.8 Å². The summed E-state index contributed by atoms with van der Waals surface area (Å²) in [6, 6.07) is 19.0. The average molecular weight is 467 g/mol. The second kappa shape index (κ2) is 11.5. The minimum Gasteiger partial charge on any atom is -0.468 e. The number of methoxy groups -OCH3 is 1.